The average Bonchev–Trinajstić information content (AvgIpc) is 3.46. The Bertz CT molecular complexity index is 901. The van der Waals surface area contributed by atoms with Crippen molar-refractivity contribution in [1.29, 1.82) is 0 Å². The van der Waals surface area contributed by atoms with E-state index in [0.717, 1.165) is 22.5 Å². The van der Waals surface area contributed by atoms with Crippen LogP contribution in [-0.4, -0.2) is 29.8 Å². The number of carbonyl (C=O) groups is 1. The van der Waals surface area contributed by atoms with Crippen molar-refractivity contribution in [2.45, 2.75) is 31.0 Å². The molecule has 1 heterocycles. The van der Waals surface area contributed by atoms with E-state index in [-0.39, 0.29) is 17.7 Å². The molecule has 1 aromatic heterocycles. The molecule has 1 aliphatic carbocycles. The molecule has 4 rings (SSSR count). The van der Waals surface area contributed by atoms with Gasteiger partial charge in [0.05, 0.1) is 12.9 Å². The van der Waals surface area contributed by atoms with Gasteiger partial charge in [-0.1, -0.05) is 23.9 Å². The molecule has 0 radical (unpaired) electrons. The normalized spacial score (nSPS) is 14.9. The van der Waals surface area contributed by atoms with Crippen molar-refractivity contribution < 1.29 is 13.9 Å². The molecule has 1 unspecified atom stereocenters. The van der Waals surface area contributed by atoms with Crippen molar-refractivity contribution in [3.63, 3.8) is 0 Å². The highest BCUT2D eigenvalue weighted by atomic mass is 32.2. The first-order chi connectivity index (χ1) is 13.2. The summed E-state index contributed by atoms with van der Waals surface area (Å²) in [6.45, 7) is 2.13. The van der Waals surface area contributed by atoms with Gasteiger partial charge < -0.3 is 14.1 Å². The first-order valence-electron chi connectivity index (χ1n) is 9.10. The monoisotopic (exact) mass is 382 g/mol. The minimum Gasteiger partial charge on any atom is -0.497 e. The molecule has 0 aliphatic heterocycles. The second-order valence-corrected chi connectivity index (χ2v) is 7.70. The van der Waals surface area contributed by atoms with E-state index in [0.29, 0.717) is 11.1 Å². The fraction of sp³-hybridized carbons (Fsp3) is 0.333. The van der Waals surface area contributed by atoms with Crippen LogP contribution < -0.4 is 9.64 Å². The highest BCUT2D eigenvalue weighted by molar-refractivity contribution is 7.99. The number of hydrogen-bond acceptors (Lipinski definition) is 5. The molecule has 6 heteroatoms. The molecule has 1 amide bonds. The van der Waals surface area contributed by atoms with E-state index >= 15 is 0 Å². The summed E-state index contributed by atoms with van der Waals surface area (Å²) in [6.07, 6.45) is 2.36. The Balaban J connectivity index is 1.50. The Morgan fingerprint density at radius 2 is 2.00 bits per heavy atom. The van der Waals surface area contributed by atoms with Crippen LogP contribution >= 0.6 is 11.8 Å². The highest BCUT2D eigenvalue weighted by Gasteiger charge is 2.35. The summed E-state index contributed by atoms with van der Waals surface area (Å²) < 4.78 is 11.0. The maximum Gasteiger partial charge on any atom is 0.257 e. The van der Waals surface area contributed by atoms with Crippen LogP contribution in [0.1, 0.15) is 19.8 Å². The summed E-state index contributed by atoms with van der Waals surface area (Å²) in [4.78, 5) is 19.4. The molecular formula is C21H22N2O3S. The van der Waals surface area contributed by atoms with E-state index in [1.54, 1.807) is 7.11 Å². The summed E-state index contributed by atoms with van der Waals surface area (Å²) in [5.74, 6) is 1.71. The Morgan fingerprint density at radius 3 is 2.67 bits per heavy atom. The number of hydrogen-bond donors (Lipinski definition) is 0. The third kappa shape index (κ3) is 3.95. The van der Waals surface area contributed by atoms with Crippen LogP contribution in [0.25, 0.3) is 11.1 Å². The SMILES string of the molecule is COc1ccc(N(C(=O)CSc2nc3ccccc3o2)C(C)C2CC2)cc1. The molecule has 2 aromatic carbocycles. The molecular weight excluding hydrogens is 360 g/mol. The van der Waals surface area contributed by atoms with Crippen molar-refractivity contribution in [3.8, 4) is 5.75 Å². The van der Waals surface area contributed by atoms with Gasteiger partial charge in [-0.25, -0.2) is 4.98 Å². The first kappa shape index (κ1) is 17.9. The second-order valence-electron chi connectivity index (χ2n) is 6.78. The van der Waals surface area contributed by atoms with Gasteiger partial charge in [0.25, 0.3) is 5.22 Å². The molecule has 0 saturated heterocycles. The maximum absolute atomic E-state index is 13.1. The zero-order chi connectivity index (χ0) is 18.8. The number of amides is 1. The summed E-state index contributed by atoms with van der Waals surface area (Å²) in [5, 5.41) is 0.526. The number of benzene rings is 2. The second kappa shape index (κ2) is 7.64. The third-order valence-corrected chi connectivity index (χ3v) is 5.74. The van der Waals surface area contributed by atoms with Crippen molar-refractivity contribution >= 4 is 34.5 Å². The predicted octanol–water partition coefficient (Wildman–Crippen LogP) is 4.76. The summed E-state index contributed by atoms with van der Waals surface area (Å²) >= 11 is 1.34. The fourth-order valence-corrected chi connectivity index (χ4v) is 3.94. The smallest absolute Gasteiger partial charge is 0.257 e. The lowest BCUT2D eigenvalue weighted by Gasteiger charge is -2.29. The van der Waals surface area contributed by atoms with Gasteiger partial charge in [0.15, 0.2) is 5.58 Å². The van der Waals surface area contributed by atoms with Gasteiger partial charge in [-0.05, 0) is 62.1 Å². The number of rotatable bonds is 7. The van der Waals surface area contributed by atoms with Crippen LogP contribution in [0.5, 0.6) is 5.75 Å². The number of thioether (sulfide) groups is 1. The van der Waals surface area contributed by atoms with E-state index in [1.807, 2.05) is 53.4 Å². The Morgan fingerprint density at radius 1 is 1.26 bits per heavy atom. The van der Waals surface area contributed by atoms with Crippen molar-refractivity contribution in [2.75, 3.05) is 17.8 Å². The van der Waals surface area contributed by atoms with Crippen LogP contribution in [0.3, 0.4) is 0 Å². The number of oxazole rings is 1. The zero-order valence-corrected chi connectivity index (χ0v) is 16.2. The molecule has 3 aromatic rings. The van der Waals surface area contributed by atoms with Crippen molar-refractivity contribution in [3.05, 3.63) is 48.5 Å². The molecule has 1 saturated carbocycles. The number of anilines is 1. The standard InChI is InChI=1S/C21H22N2O3S/c1-14(15-7-8-15)23(16-9-11-17(25-2)12-10-16)20(24)13-27-21-22-18-5-3-4-6-19(18)26-21/h3-6,9-12,14-15H,7-8,13H2,1-2H3. The quantitative estimate of drug-likeness (QED) is 0.552. The van der Waals surface area contributed by atoms with E-state index in [9.17, 15) is 4.79 Å². The molecule has 1 fully saturated rings. The largest absolute Gasteiger partial charge is 0.497 e. The van der Waals surface area contributed by atoms with E-state index in [2.05, 4.69) is 11.9 Å². The molecule has 1 aliphatic rings. The van der Waals surface area contributed by atoms with Gasteiger partial charge in [0.1, 0.15) is 11.3 Å². The van der Waals surface area contributed by atoms with Gasteiger partial charge in [-0.15, -0.1) is 0 Å². The molecule has 0 bridgehead atoms. The first-order valence-corrected chi connectivity index (χ1v) is 10.1. The molecule has 0 spiro atoms. The average molecular weight is 382 g/mol. The lowest BCUT2D eigenvalue weighted by Crippen LogP contribution is -2.41. The topological polar surface area (TPSA) is 55.6 Å². The number of nitrogens with zero attached hydrogens (tertiary/aromatic N) is 2. The van der Waals surface area contributed by atoms with Crippen LogP contribution in [0.15, 0.2) is 58.2 Å². The number of carbonyl (C=O) groups excluding carboxylic acids is 1. The Hall–Kier alpha value is -2.47. The Kier molecular flexibility index (Phi) is 5.07. The summed E-state index contributed by atoms with van der Waals surface area (Å²) in [7, 11) is 1.64. The minimum atomic E-state index is 0.0619. The maximum atomic E-state index is 13.1. The van der Waals surface area contributed by atoms with Crippen LogP contribution in [0, 0.1) is 5.92 Å². The highest BCUT2D eigenvalue weighted by Crippen LogP contribution is 2.37. The van der Waals surface area contributed by atoms with Crippen molar-refractivity contribution in [1.82, 2.24) is 4.98 Å². The van der Waals surface area contributed by atoms with Gasteiger partial charge in [-0.2, -0.15) is 0 Å². The van der Waals surface area contributed by atoms with Gasteiger partial charge >= 0.3 is 0 Å². The number of ether oxygens (including phenoxy) is 1. The lowest BCUT2D eigenvalue weighted by atomic mass is 10.1. The number of fused-ring (bicyclic) bond motifs is 1. The number of methoxy groups -OCH3 is 1. The number of aromatic nitrogens is 1. The molecule has 0 N–H and O–H groups in total. The van der Waals surface area contributed by atoms with E-state index in [4.69, 9.17) is 9.15 Å². The summed E-state index contributed by atoms with van der Waals surface area (Å²) in [6, 6.07) is 15.5. The van der Waals surface area contributed by atoms with Crippen LogP contribution in [-0.2, 0) is 4.79 Å². The molecule has 1 atom stereocenters. The zero-order valence-electron chi connectivity index (χ0n) is 15.4. The van der Waals surface area contributed by atoms with E-state index in [1.165, 1.54) is 24.6 Å². The third-order valence-electron chi connectivity index (χ3n) is 4.92. The summed E-state index contributed by atoms with van der Waals surface area (Å²) in [5.41, 5.74) is 2.45. The van der Waals surface area contributed by atoms with Gasteiger partial charge in [0, 0.05) is 11.7 Å². The fourth-order valence-electron chi connectivity index (χ4n) is 3.24. The Labute approximate surface area is 162 Å². The molecule has 5 nitrogen and oxygen atoms in total. The van der Waals surface area contributed by atoms with Crippen LogP contribution in [0.2, 0.25) is 0 Å². The lowest BCUT2D eigenvalue weighted by molar-refractivity contribution is -0.116. The van der Waals surface area contributed by atoms with Crippen LogP contribution in [0.4, 0.5) is 5.69 Å². The number of para-hydroxylation sites is 2. The molecule has 140 valence electrons. The van der Waals surface area contributed by atoms with E-state index < -0.39 is 0 Å². The van der Waals surface area contributed by atoms with Crippen molar-refractivity contribution in [2.24, 2.45) is 5.92 Å². The predicted molar refractivity (Wildman–Crippen MR) is 107 cm³/mol. The minimum absolute atomic E-state index is 0.0619. The van der Waals surface area contributed by atoms with Gasteiger partial charge in [0.2, 0.25) is 5.91 Å². The molecule has 27 heavy (non-hydrogen) atoms. The van der Waals surface area contributed by atoms with Gasteiger partial charge in [-0.3, -0.25) is 4.79 Å².